The van der Waals surface area contributed by atoms with E-state index >= 15 is 0 Å². The molecule has 2 heterocycles. The first-order valence-electron chi connectivity index (χ1n) is 5.01. The van der Waals surface area contributed by atoms with E-state index in [2.05, 4.69) is 15.1 Å². The van der Waals surface area contributed by atoms with Gasteiger partial charge in [-0.25, -0.2) is 9.78 Å². The van der Waals surface area contributed by atoms with Gasteiger partial charge in [0.05, 0.1) is 0 Å². The van der Waals surface area contributed by atoms with E-state index in [0.717, 1.165) is 0 Å². The van der Waals surface area contributed by atoms with E-state index in [-0.39, 0.29) is 18.2 Å². The fourth-order valence-electron chi connectivity index (χ4n) is 1.22. The van der Waals surface area contributed by atoms with Gasteiger partial charge in [0, 0.05) is 18.3 Å². The largest absolute Gasteiger partial charge is 0.347 e. The van der Waals surface area contributed by atoms with Gasteiger partial charge in [-0.1, -0.05) is 19.0 Å². The lowest BCUT2D eigenvalue weighted by atomic mass is 10.2. The van der Waals surface area contributed by atoms with Crippen LogP contribution in [0.3, 0.4) is 0 Å². The quantitative estimate of drug-likeness (QED) is 0.764. The van der Waals surface area contributed by atoms with E-state index < -0.39 is 0 Å². The summed E-state index contributed by atoms with van der Waals surface area (Å²) in [6.07, 6.45) is 3.08. The molecular formula is C10H12N4O2. The monoisotopic (exact) mass is 220 g/mol. The van der Waals surface area contributed by atoms with Crippen LogP contribution in [0.25, 0.3) is 0 Å². The standard InChI is InChI=1S/C10H12N4O2/c1-7(2)9-12-8(16-13-9)6-14-5-3-4-11-10(14)15/h3-5,7H,6H2,1-2H3. The van der Waals surface area contributed by atoms with Gasteiger partial charge in [-0.05, 0) is 6.07 Å². The molecule has 0 aliphatic carbocycles. The maximum absolute atomic E-state index is 11.3. The molecule has 2 aromatic rings. The predicted octanol–water partition coefficient (Wildman–Crippen LogP) is 0.798. The second-order valence-electron chi connectivity index (χ2n) is 3.73. The number of rotatable bonds is 3. The Morgan fingerprint density at radius 3 is 2.94 bits per heavy atom. The number of nitrogens with zero attached hydrogens (tertiary/aromatic N) is 4. The van der Waals surface area contributed by atoms with Gasteiger partial charge in [-0.2, -0.15) is 4.98 Å². The summed E-state index contributed by atoms with van der Waals surface area (Å²) in [6, 6.07) is 1.68. The lowest BCUT2D eigenvalue weighted by Gasteiger charge is -1.98. The lowest BCUT2D eigenvalue weighted by Crippen LogP contribution is -2.22. The highest BCUT2D eigenvalue weighted by molar-refractivity contribution is 4.93. The van der Waals surface area contributed by atoms with Crippen LogP contribution in [0.2, 0.25) is 0 Å². The van der Waals surface area contributed by atoms with Gasteiger partial charge in [0.15, 0.2) is 5.82 Å². The van der Waals surface area contributed by atoms with E-state index in [0.29, 0.717) is 11.7 Å². The van der Waals surface area contributed by atoms with Crippen molar-refractivity contribution in [3.05, 3.63) is 40.7 Å². The van der Waals surface area contributed by atoms with Gasteiger partial charge in [0.2, 0.25) is 5.89 Å². The molecule has 0 aromatic carbocycles. The molecule has 2 aromatic heterocycles. The van der Waals surface area contributed by atoms with Gasteiger partial charge in [-0.3, -0.25) is 4.57 Å². The summed E-state index contributed by atoms with van der Waals surface area (Å²) in [6.45, 7) is 4.21. The first-order valence-corrected chi connectivity index (χ1v) is 5.01. The Bertz CT molecular complexity index is 529. The Morgan fingerprint density at radius 2 is 2.31 bits per heavy atom. The van der Waals surface area contributed by atoms with Crippen molar-refractivity contribution < 1.29 is 4.52 Å². The summed E-state index contributed by atoms with van der Waals surface area (Å²) in [5.74, 6) is 1.27. The van der Waals surface area contributed by atoms with E-state index in [4.69, 9.17) is 4.52 Å². The average molecular weight is 220 g/mol. The van der Waals surface area contributed by atoms with Crippen LogP contribution in [0.4, 0.5) is 0 Å². The minimum atomic E-state index is -0.327. The van der Waals surface area contributed by atoms with Gasteiger partial charge in [-0.15, -0.1) is 0 Å². The highest BCUT2D eigenvalue weighted by Crippen LogP contribution is 2.09. The first kappa shape index (κ1) is 10.5. The highest BCUT2D eigenvalue weighted by atomic mass is 16.5. The van der Waals surface area contributed by atoms with Crippen molar-refractivity contribution in [2.75, 3.05) is 0 Å². The van der Waals surface area contributed by atoms with Crippen LogP contribution in [-0.4, -0.2) is 19.7 Å². The zero-order valence-electron chi connectivity index (χ0n) is 9.12. The van der Waals surface area contributed by atoms with Crippen LogP contribution < -0.4 is 5.69 Å². The van der Waals surface area contributed by atoms with Crippen molar-refractivity contribution in [1.29, 1.82) is 0 Å². The molecule has 0 N–H and O–H groups in total. The van der Waals surface area contributed by atoms with Crippen molar-refractivity contribution in [3.63, 3.8) is 0 Å². The molecule has 6 heteroatoms. The second-order valence-corrected chi connectivity index (χ2v) is 3.73. The molecule has 0 radical (unpaired) electrons. The number of hydrogen-bond acceptors (Lipinski definition) is 5. The molecule has 0 atom stereocenters. The van der Waals surface area contributed by atoms with Crippen LogP contribution in [-0.2, 0) is 6.54 Å². The third-order valence-corrected chi connectivity index (χ3v) is 2.09. The molecule has 16 heavy (non-hydrogen) atoms. The average Bonchev–Trinajstić information content (AvgIpc) is 2.70. The molecule has 6 nitrogen and oxygen atoms in total. The Balaban J connectivity index is 2.21. The molecular weight excluding hydrogens is 208 g/mol. The fraction of sp³-hybridized carbons (Fsp3) is 0.400. The van der Waals surface area contributed by atoms with Gasteiger partial charge >= 0.3 is 5.69 Å². The molecule has 0 unspecified atom stereocenters. The molecule has 0 saturated heterocycles. The Labute approximate surface area is 91.9 Å². The van der Waals surface area contributed by atoms with Crippen molar-refractivity contribution in [2.45, 2.75) is 26.3 Å². The summed E-state index contributed by atoms with van der Waals surface area (Å²) in [7, 11) is 0. The van der Waals surface area contributed by atoms with E-state index in [9.17, 15) is 4.79 Å². The molecule has 0 aliphatic heterocycles. The Morgan fingerprint density at radius 1 is 1.50 bits per heavy atom. The third kappa shape index (κ3) is 2.16. The molecule has 0 aliphatic rings. The smallest absolute Gasteiger partial charge is 0.337 e. The SMILES string of the molecule is CC(C)c1noc(Cn2cccnc2=O)n1. The van der Waals surface area contributed by atoms with Crippen LogP contribution in [0.1, 0.15) is 31.5 Å². The fourth-order valence-corrected chi connectivity index (χ4v) is 1.22. The molecule has 0 saturated carbocycles. The third-order valence-electron chi connectivity index (χ3n) is 2.09. The summed E-state index contributed by atoms with van der Waals surface area (Å²) >= 11 is 0. The van der Waals surface area contributed by atoms with Crippen LogP contribution in [0.5, 0.6) is 0 Å². The lowest BCUT2D eigenvalue weighted by molar-refractivity contribution is 0.362. The minimum Gasteiger partial charge on any atom is -0.337 e. The van der Waals surface area contributed by atoms with Crippen LogP contribution in [0.15, 0.2) is 27.8 Å². The maximum atomic E-state index is 11.3. The molecule has 0 fully saturated rings. The normalized spacial score (nSPS) is 10.9. The number of aromatic nitrogens is 4. The Kier molecular flexibility index (Phi) is 2.80. The zero-order chi connectivity index (χ0) is 11.5. The molecule has 0 spiro atoms. The molecule has 0 bridgehead atoms. The molecule has 0 amide bonds. The Hall–Kier alpha value is -1.98. The van der Waals surface area contributed by atoms with Crippen LogP contribution >= 0.6 is 0 Å². The summed E-state index contributed by atoms with van der Waals surface area (Å²) in [5.41, 5.74) is -0.327. The van der Waals surface area contributed by atoms with Crippen molar-refractivity contribution in [2.24, 2.45) is 0 Å². The first-order chi connectivity index (χ1) is 7.66. The van der Waals surface area contributed by atoms with Crippen molar-refractivity contribution in [3.8, 4) is 0 Å². The summed E-state index contributed by atoms with van der Waals surface area (Å²) in [4.78, 5) is 19.1. The van der Waals surface area contributed by atoms with Crippen molar-refractivity contribution >= 4 is 0 Å². The van der Waals surface area contributed by atoms with Gasteiger partial charge in [0.1, 0.15) is 6.54 Å². The van der Waals surface area contributed by atoms with E-state index in [1.165, 1.54) is 10.8 Å². The maximum Gasteiger partial charge on any atom is 0.347 e. The van der Waals surface area contributed by atoms with Crippen molar-refractivity contribution in [1.82, 2.24) is 19.7 Å². The van der Waals surface area contributed by atoms with Gasteiger partial charge in [0.25, 0.3) is 0 Å². The zero-order valence-corrected chi connectivity index (χ0v) is 9.12. The van der Waals surface area contributed by atoms with E-state index in [1.807, 2.05) is 13.8 Å². The van der Waals surface area contributed by atoms with Gasteiger partial charge < -0.3 is 4.52 Å². The minimum absolute atomic E-state index is 0.211. The molecule has 2 rings (SSSR count). The summed E-state index contributed by atoms with van der Waals surface area (Å²) < 4.78 is 6.45. The second kappa shape index (κ2) is 4.26. The molecule has 84 valence electrons. The van der Waals surface area contributed by atoms with E-state index in [1.54, 1.807) is 12.3 Å². The topological polar surface area (TPSA) is 73.8 Å². The van der Waals surface area contributed by atoms with Crippen LogP contribution in [0, 0.1) is 0 Å². The number of hydrogen-bond donors (Lipinski definition) is 0. The highest BCUT2D eigenvalue weighted by Gasteiger charge is 2.10. The predicted molar refractivity (Wildman–Crippen MR) is 56.0 cm³/mol. The summed E-state index contributed by atoms with van der Waals surface area (Å²) in [5, 5.41) is 3.82.